The molecule has 0 saturated heterocycles. The zero-order valence-electron chi connectivity index (χ0n) is 10.4. The largest absolute Gasteiger partial charge is 0.478 e. The van der Waals surface area contributed by atoms with E-state index in [2.05, 4.69) is 4.98 Å². The Labute approximate surface area is 120 Å². The summed E-state index contributed by atoms with van der Waals surface area (Å²) in [6.07, 6.45) is 1.71. The molecule has 2 aromatic carbocycles. The third-order valence-corrected chi connectivity index (χ3v) is 3.38. The van der Waals surface area contributed by atoms with E-state index in [4.69, 9.17) is 11.6 Å². The van der Waals surface area contributed by atoms with Gasteiger partial charge < -0.3 is 5.11 Å². The zero-order chi connectivity index (χ0) is 14.1. The third-order valence-electron chi connectivity index (χ3n) is 3.15. The molecule has 20 heavy (non-hydrogen) atoms. The predicted molar refractivity (Wildman–Crippen MR) is 79.1 cm³/mol. The van der Waals surface area contributed by atoms with Gasteiger partial charge in [-0.3, -0.25) is 4.98 Å². The first kappa shape index (κ1) is 12.6. The molecule has 0 radical (unpaired) electrons. The van der Waals surface area contributed by atoms with Gasteiger partial charge in [-0.2, -0.15) is 0 Å². The van der Waals surface area contributed by atoms with Crippen molar-refractivity contribution in [1.82, 2.24) is 4.98 Å². The van der Waals surface area contributed by atoms with Crippen LogP contribution in [0, 0.1) is 0 Å². The molecule has 0 unspecified atom stereocenters. The lowest BCUT2D eigenvalue weighted by molar-refractivity contribution is 0.0698. The van der Waals surface area contributed by atoms with Gasteiger partial charge in [0.05, 0.1) is 11.1 Å². The van der Waals surface area contributed by atoms with E-state index in [1.807, 2.05) is 30.3 Å². The van der Waals surface area contributed by atoms with Crippen molar-refractivity contribution in [2.24, 2.45) is 0 Å². The second kappa shape index (κ2) is 4.94. The number of hydrogen-bond acceptors (Lipinski definition) is 2. The summed E-state index contributed by atoms with van der Waals surface area (Å²) in [6, 6.07) is 14.2. The smallest absolute Gasteiger partial charge is 0.336 e. The van der Waals surface area contributed by atoms with E-state index >= 15 is 0 Å². The molecule has 1 aromatic heterocycles. The van der Waals surface area contributed by atoms with Crippen LogP contribution in [0.1, 0.15) is 10.4 Å². The summed E-state index contributed by atoms with van der Waals surface area (Å²) >= 11 is 6.01. The number of aromatic nitrogens is 1. The van der Waals surface area contributed by atoms with Gasteiger partial charge in [0.1, 0.15) is 0 Å². The normalized spacial score (nSPS) is 10.7. The summed E-state index contributed by atoms with van der Waals surface area (Å²) in [5.41, 5.74) is 2.46. The van der Waals surface area contributed by atoms with E-state index in [0.717, 1.165) is 16.5 Å². The molecule has 1 N–H and O–H groups in total. The number of benzene rings is 2. The molecule has 0 atom stereocenters. The van der Waals surface area contributed by atoms with Gasteiger partial charge in [-0.25, -0.2) is 4.79 Å². The summed E-state index contributed by atoms with van der Waals surface area (Å²) in [6.45, 7) is 0. The molecule has 4 heteroatoms. The van der Waals surface area contributed by atoms with Crippen LogP contribution in [0.25, 0.3) is 22.0 Å². The third kappa shape index (κ3) is 2.12. The Morgan fingerprint density at radius 2 is 1.90 bits per heavy atom. The highest BCUT2D eigenvalue weighted by Crippen LogP contribution is 2.32. The number of fused-ring (bicyclic) bond motifs is 1. The van der Waals surface area contributed by atoms with E-state index in [-0.39, 0.29) is 5.56 Å². The quantitative estimate of drug-likeness (QED) is 0.765. The maximum absolute atomic E-state index is 11.4. The minimum Gasteiger partial charge on any atom is -0.478 e. The predicted octanol–water partition coefficient (Wildman–Crippen LogP) is 4.25. The molecule has 1 heterocycles. The minimum atomic E-state index is -0.974. The molecule has 0 amide bonds. The SMILES string of the molecule is O=C(O)c1ccc(Cl)cc1-c1cccc2ncccc12. The maximum atomic E-state index is 11.4. The second-order valence-electron chi connectivity index (χ2n) is 4.37. The molecule has 0 aliphatic carbocycles. The molecule has 3 nitrogen and oxygen atoms in total. The van der Waals surface area contributed by atoms with Crippen molar-refractivity contribution in [3.8, 4) is 11.1 Å². The van der Waals surface area contributed by atoms with E-state index in [9.17, 15) is 9.90 Å². The van der Waals surface area contributed by atoms with Gasteiger partial charge in [0.25, 0.3) is 0 Å². The van der Waals surface area contributed by atoms with Crippen molar-refractivity contribution in [2.75, 3.05) is 0 Å². The monoisotopic (exact) mass is 283 g/mol. The number of pyridine rings is 1. The molecular weight excluding hydrogens is 274 g/mol. The maximum Gasteiger partial charge on any atom is 0.336 e. The standard InChI is InChI=1S/C16H10ClNO2/c17-10-6-7-13(16(19)20)14(9-10)11-3-1-5-15-12(11)4-2-8-18-15/h1-9H,(H,19,20). The summed E-state index contributed by atoms with van der Waals surface area (Å²) < 4.78 is 0. The van der Waals surface area contributed by atoms with Crippen molar-refractivity contribution in [3.05, 3.63) is 65.3 Å². The van der Waals surface area contributed by atoms with Crippen LogP contribution in [0.3, 0.4) is 0 Å². The molecule has 3 aromatic rings. The van der Waals surface area contributed by atoms with Gasteiger partial charge in [-0.15, -0.1) is 0 Å². The Morgan fingerprint density at radius 1 is 1.05 bits per heavy atom. The number of carboxylic acid groups (broad SMARTS) is 1. The van der Waals surface area contributed by atoms with Gasteiger partial charge in [-0.1, -0.05) is 29.8 Å². The molecular formula is C16H10ClNO2. The van der Waals surface area contributed by atoms with Crippen LogP contribution in [-0.4, -0.2) is 16.1 Å². The van der Waals surface area contributed by atoms with Gasteiger partial charge >= 0.3 is 5.97 Å². The average molecular weight is 284 g/mol. The molecule has 0 fully saturated rings. The lowest BCUT2D eigenvalue weighted by atomic mass is 9.96. The number of carbonyl (C=O) groups is 1. The minimum absolute atomic E-state index is 0.228. The Morgan fingerprint density at radius 3 is 2.70 bits per heavy atom. The van der Waals surface area contributed by atoms with Crippen LogP contribution in [0.15, 0.2) is 54.7 Å². The van der Waals surface area contributed by atoms with Crippen LogP contribution >= 0.6 is 11.6 Å². The Bertz CT molecular complexity index is 809. The first-order valence-corrected chi connectivity index (χ1v) is 6.41. The van der Waals surface area contributed by atoms with E-state index in [1.54, 1.807) is 18.3 Å². The van der Waals surface area contributed by atoms with E-state index in [0.29, 0.717) is 10.6 Å². The summed E-state index contributed by atoms with van der Waals surface area (Å²) in [5, 5.41) is 10.7. The fourth-order valence-corrected chi connectivity index (χ4v) is 2.44. The van der Waals surface area contributed by atoms with Crippen molar-refractivity contribution in [3.63, 3.8) is 0 Å². The van der Waals surface area contributed by atoms with Crippen LogP contribution in [0.2, 0.25) is 5.02 Å². The van der Waals surface area contributed by atoms with Crippen molar-refractivity contribution >= 4 is 28.5 Å². The molecule has 3 rings (SSSR count). The highest BCUT2D eigenvalue weighted by molar-refractivity contribution is 6.31. The lowest BCUT2D eigenvalue weighted by Crippen LogP contribution is -1.99. The highest BCUT2D eigenvalue weighted by atomic mass is 35.5. The topological polar surface area (TPSA) is 50.2 Å². The Kier molecular flexibility index (Phi) is 3.12. The Balaban J connectivity index is 2.36. The van der Waals surface area contributed by atoms with Crippen molar-refractivity contribution in [1.29, 1.82) is 0 Å². The van der Waals surface area contributed by atoms with Crippen LogP contribution in [0.4, 0.5) is 0 Å². The fraction of sp³-hybridized carbons (Fsp3) is 0. The molecule has 0 bridgehead atoms. The first-order chi connectivity index (χ1) is 9.66. The molecule has 0 spiro atoms. The van der Waals surface area contributed by atoms with Gasteiger partial charge in [0.15, 0.2) is 0 Å². The number of halogens is 1. The number of aromatic carboxylic acids is 1. The van der Waals surface area contributed by atoms with Gasteiger partial charge in [-0.05, 0) is 41.5 Å². The summed E-state index contributed by atoms with van der Waals surface area (Å²) in [4.78, 5) is 15.7. The molecule has 0 saturated carbocycles. The van der Waals surface area contributed by atoms with Crippen LogP contribution in [-0.2, 0) is 0 Å². The molecule has 0 aliphatic heterocycles. The fourth-order valence-electron chi connectivity index (χ4n) is 2.26. The van der Waals surface area contributed by atoms with Crippen molar-refractivity contribution < 1.29 is 9.90 Å². The number of hydrogen-bond donors (Lipinski definition) is 1. The number of rotatable bonds is 2. The molecule has 0 aliphatic rings. The van der Waals surface area contributed by atoms with Gasteiger partial charge in [0, 0.05) is 16.6 Å². The summed E-state index contributed by atoms with van der Waals surface area (Å²) in [7, 11) is 0. The number of nitrogens with zero attached hydrogens (tertiary/aromatic N) is 1. The summed E-state index contributed by atoms with van der Waals surface area (Å²) in [5.74, 6) is -0.974. The Hall–Kier alpha value is -2.39. The van der Waals surface area contributed by atoms with Crippen molar-refractivity contribution in [2.45, 2.75) is 0 Å². The second-order valence-corrected chi connectivity index (χ2v) is 4.81. The van der Waals surface area contributed by atoms with Crippen LogP contribution < -0.4 is 0 Å². The number of carboxylic acids is 1. The van der Waals surface area contributed by atoms with E-state index < -0.39 is 5.97 Å². The average Bonchev–Trinajstić information content (AvgIpc) is 2.46. The van der Waals surface area contributed by atoms with Gasteiger partial charge in [0.2, 0.25) is 0 Å². The zero-order valence-corrected chi connectivity index (χ0v) is 11.1. The van der Waals surface area contributed by atoms with E-state index in [1.165, 1.54) is 6.07 Å². The lowest BCUT2D eigenvalue weighted by Gasteiger charge is -2.10. The molecule has 98 valence electrons. The first-order valence-electron chi connectivity index (χ1n) is 6.04. The van der Waals surface area contributed by atoms with Crippen LogP contribution in [0.5, 0.6) is 0 Å². The highest BCUT2D eigenvalue weighted by Gasteiger charge is 2.14.